The van der Waals surface area contributed by atoms with Gasteiger partial charge in [-0.2, -0.15) is 0 Å². The molecule has 1 rings (SSSR count). The maximum atomic E-state index is 10.1. The van der Waals surface area contributed by atoms with E-state index in [9.17, 15) is 4.91 Å². The van der Waals surface area contributed by atoms with Crippen LogP contribution in [0.2, 0.25) is 0 Å². The van der Waals surface area contributed by atoms with Gasteiger partial charge in [-0.3, -0.25) is 0 Å². The molecule has 1 aromatic carbocycles. The molecule has 0 spiro atoms. The molecule has 0 aliphatic rings. The minimum absolute atomic E-state index is 0.540. The lowest BCUT2D eigenvalue weighted by atomic mass is 10.3. The molecule has 0 saturated carbocycles. The minimum atomic E-state index is 0.540. The molecule has 0 aliphatic carbocycles. The van der Waals surface area contributed by atoms with Crippen LogP contribution >= 0.6 is 22.6 Å². The largest absolute Gasteiger partial charge is 0.398 e. The first-order valence-electron chi connectivity index (χ1n) is 2.67. The van der Waals surface area contributed by atoms with Gasteiger partial charge in [0.1, 0.15) is 0 Å². The predicted molar refractivity (Wildman–Crippen MR) is 47.6 cm³/mol. The second kappa shape index (κ2) is 2.96. The number of nitroso groups, excluding NO2 is 1. The Morgan fingerprint density at radius 3 is 2.70 bits per heavy atom. The van der Waals surface area contributed by atoms with E-state index in [2.05, 4.69) is 22.6 Å². The van der Waals surface area contributed by atoms with Gasteiger partial charge >= 0.3 is 0 Å². The third-order valence-corrected chi connectivity index (χ3v) is 2.05. The van der Waals surface area contributed by atoms with Crippen molar-refractivity contribution in [2.75, 3.05) is 5.73 Å². The first kappa shape index (κ1) is 7.46. The van der Waals surface area contributed by atoms with Gasteiger partial charge in [0, 0.05) is 31.5 Å². The monoisotopic (exact) mass is 249 g/mol. The molecule has 10 heavy (non-hydrogen) atoms. The molecule has 0 unspecified atom stereocenters. The van der Waals surface area contributed by atoms with Crippen molar-refractivity contribution in [3.8, 4) is 0 Å². The van der Waals surface area contributed by atoms with Crippen molar-refractivity contribution in [2.24, 2.45) is 0 Å². The summed E-state index contributed by atoms with van der Waals surface area (Å²) in [6.07, 6.45) is 0. The Bertz CT molecular complexity index is 262. The number of benzene rings is 1. The summed E-state index contributed by atoms with van der Waals surface area (Å²) in [5.41, 5.74) is 6.74. The maximum Gasteiger partial charge on any atom is 0.254 e. The number of rotatable bonds is 1. The molecule has 1 aromatic rings. The second-order valence-electron chi connectivity index (χ2n) is 1.84. The van der Waals surface area contributed by atoms with Crippen LogP contribution in [0.1, 0.15) is 0 Å². The van der Waals surface area contributed by atoms with Crippen LogP contribution < -0.4 is 10.9 Å². The van der Waals surface area contributed by atoms with Gasteiger partial charge in [0.25, 0.3) is 5.69 Å². The standard InChI is InChI=1S/C6H5IN2O/c7-5-3-4(9-10)1-2-6(5)8/h1-3H,8H2/p+1. The zero-order chi connectivity index (χ0) is 7.56. The molecular formula is C6H6IN2O+. The van der Waals surface area contributed by atoms with Crippen LogP contribution in [-0.2, 0) is 0 Å². The zero-order valence-corrected chi connectivity index (χ0v) is 7.25. The number of nitrogens with one attached hydrogen (secondary N) is 1. The first-order valence-corrected chi connectivity index (χ1v) is 3.75. The zero-order valence-electron chi connectivity index (χ0n) is 5.10. The van der Waals surface area contributed by atoms with Crippen LogP contribution in [-0.4, -0.2) is 0 Å². The van der Waals surface area contributed by atoms with E-state index in [0.29, 0.717) is 11.4 Å². The van der Waals surface area contributed by atoms with Crippen LogP contribution in [0.4, 0.5) is 11.4 Å². The lowest BCUT2D eigenvalue weighted by Crippen LogP contribution is -2.55. The third-order valence-electron chi connectivity index (χ3n) is 1.12. The summed E-state index contributed by atoms with van der Waals surface area (Å²) in [5.74, 6) is 0. The number of nitrogens with two attached hydrogens (primary N) is 1. The third kappa shape index (κ3) is 1.44. The lowest BCUT2D eigenvalue weighted by molar-refractivity contribution is -0.379. The predicted octanol–water partition coefficient (Wildman–Crippen LogP) is 0.352. The van der Waals surface area contributed by atoms with Gasteiger partial charge < -0.3 is 5.73 Å². The molecule has 52 valence electrons. The molecule has 3 N–H and O–H groups in total. The summed E-state index contributed by atoms with van der Waals surface area (Å²) >= 11 is 2.07. The van der Waals surface area contributed by atoms with Crippen molar-refractivity contribution in [3.05, 3.63) is 26.7 Å². The van der Waals surface area contributed by atoms with E-state index < -0.39 is 0 Å². The van der Waals surface area contributed by atoms with Gasteiger partial charge in [0.2, 0.25) is 0 Å². The normalized spacial score (nSPS) is 9.30. The van der Waals surface area contributed by atoms with Gasteiger partial charge in [-0.25, -0.2) is 0 Å². The van der Waals surface area contributed by atoms with E-state index in [4.69, 9.17) is 5.73 Å². The fourth-order valence-corrected chi connectivity index (χ4v) is 1.11. The molecular weight excluding hydrogens is 243 g/mol. The average molecular weight is 249 g/mol. The molecule has 0 aromatic heterocycles. The Kier molecular flexibility index (Phi) is 2.21. The average Bonchev–Trinajstić information content (AvgIpc) is 1.95. The van der Waals surface area contributed by atoms with E-state index in [-0.39, 0.29) is 0 Å². The first-order chi connectivity index (χ1) is 4.74. The molecule has 0 fully saturated rings. The Labute approximate surface area is 71.7 Å². The summed E-state index contributed by atoms with van der Waals surface area (Å²) in [6.45, 7) is 0. The van der Waals surface area contributed by atoms with E-state index >= 15 is 0 Å². The molecule has 0 aliphatic heterocycles. The van der Waals surface area contributed by atoms with E-state index in [1.54, 1.807) is 23.4 Å². The summed E-state index contributed by atoms with van der Waals surface area (Å²) in [7, 11) is 0. The number of hydrogen-bond acceptors (Lipinski definition) is 2. The Hall–Kier alpha value is -0.650. The van der Waals surface area contributed by atoms with Crippen LogP contribution in [0.15, 0.2) is 18.2 Å². The van der Waals surface area contributed by atoms with Crippen molar-refractivity contribution < 1.29 is 5.18 Å². The summed E-state index contributed by atoms with van der Waals surface area (Å²) in [6, 6.07) is 5.04. The van der Waals surface area contributed by atoms with Crippen molar-refractivity contribution >= 4 is 34.0 Å². The summed E-state index contributed by atoms with van der Waals surface area (Å²) in [5, 5.41) is 1.78. The molecule has 0 atom stereocenters. The fraction of sp³-hybridized carbons (Fsp3) is 0. The minimum Gasteiger partial charge on any atom is -0.398 e. The molecule has 0 heterocycles. The lowest BCUT2D eigenvalue weighted by Gasteiger charge is -1.92. The van der Waals surface area contributed by atoms with Crippen LogP contribution in [0.3, 0.4) is 0 Å². The SMILES string of the molecule is Nc1ccc([NH+]=O)cc1I. The molecule has 0 bridgehead atoms. The van der Waals surface area contributed by atoms with Crippen LogP contribution in [0.5, 0.6) is 0 Å². The van der Waals surface area contributed by atoms with Crippen molar-refractivity contribution in [1.29, 1.82) is 0 Å². The Balaban J connectivity index is 3.16. The van der Waals surface area contributed by atoms with E-state index in [0.717, 1.165) is 3.57 Å². The Morgan fingerprint density at radius 2 is 2.20 bits per heavy atom. The fourth-order valence-electron chi connectivity index (χ4n) is 0.591. The molecule has 3 nitrogen and oxygen atoms in total. The number of halogens is 1. The van der Waals surface area contributed by atoms with Crippen molar-refractivity contribution in [1.82, 2.24) is 0 Å². The number of nitrogen functional groups attached to an aromatic ring is 1. The maximum absolute atomic E-state index is 10.1. The quantitative estimate of drug-likeness (QED) is 0.557. The summed E-state index contributed by atoms with van der Waals surface area (Å²) in [4.78, 5) is 10.1. The van der Waals surface area contributed by atoms with Crippen molar-refractivity contribution in [2.45, 2.75) is 0 Å². The van der Waals surface area contributed by atoms with Gasteiger partial charge in [-0.05, 0) is 28.7 Å². The molecule has 0 saturated heterocycles. The number of hydrogen-bond donors (Lipinski definition) is 2. The van der Waals surface area contributed by atoms with Gasteiger partial charge in [0.15, 0.2) is 0 Å². The van der Waals surface area contributed by atoms with Crippen LogP contribution in [0, 0.1) is 8.48 Å². The molecule has 4 heteroatoms. The smallest absolute Gasteiger partial charge is 0.254 e. The topological polar surface area (TPSA) is 57.1 Å². The van der Waals surface area contributed by atoms with Gasteiger partial charge in [0.05, 0.1) is 0 Å². The van der Waals surface area contributed by atoms with Gasteiger partial charge in [-0.15, -0.1) is 0 Å². The second-order valence-corrected chi connectivity index (χ2v) is 3.00. The summed E-state index contributed by atoms with van der Waals surface area (Å²) < 4.78 is 0.887. The highest BCUT2D eigenvalue weighted by atomic mass is 127. The molecule has 0 amide bonds. The highest BCUT2D eigenvalue weighted by Crippen LogP contribution is 2.15. The highest BCUT2D eigenvalue weighted by Gasteiger charge is 2.00. The Morgan fingerprint density at radius 1 is 1.50 bits per heavy atom. The highest BCUT2D eigenvalue weighted by molar-refractivity contribution is 14.1. The van der Waals surface area contributed by atoms with E-state index in [1.807, 2.05) is 0 Å². The van der Waals surface area contributed by atoms with Crippen molar-refractivity contribution in [3.63, 3.8) is 0 Å². The van der Waals surface area contributed by atoms with Gasteiger partial charge in [-0.1, -0.05) is 0 Å². The number of anilines is 1. The van der Waals surface area contributed by atoms with Crippen LogP contribution in [0.25, 0.3) is 0 Å². The molecule has 0 radical (unpaired) electrons. The van der Waals surface area contributed by atoms with E-state index in [1.165, 1.54) is 0 Å².